The Morgan fingerprint density at radius 3 is 2.67 bits per heavy atom. The number of rotatable bonds is 4. The van der Waals surface area contributed by atoms with Gasteiger partial charge in [0.15, 0.2) is 0 Å². The van der Waals surface area contributed by atoms with E-state index in [2.05, 4.69) is 34.1 Å². The molecule has 0 radical (unpaired) electrons. The lowest BCUT2D eigenvalue weighted by Gasteiger charge is -2.23. The third kappa shape index (κ3) is 3.38. The molecule has 1 fully saturated rings. The first-order valence-electron chi connectivity index (χ1n) is 6.74. The average molecular weight is 309 g/mol. The van der Waals surface area contributed by atoms with Crippen LogP contribution in [-0.2, 0) is 0 Å². The maximum Gasteiger partial charge on any atom is 0.126 e. The zero-order chi connectivity index (χ0) is 12.8. The van der Waals surface area contributed by atoms with Crippen molar-refractivity contribution in [1.82, 2.24) is 0 Å². The van der Waals surface area contributed by atoms with E-state index in [-0.39, 0.29) is 0 Å². The van der Waals surface area contributed by atoms with Crippen LogP contribution in [0.4, 0.5) is 0 Å². The summed E-state index contributed by atoms with van der Waals surface area (Å²) >= 11 is 3.65. The Kier molecular flexibility index (Phi) is 5.30. The molecule has 98 valence electrons. The SMILES string of the molecule is COc1ccccc1C=C(CBr)C1CCCCC1. The van der Waals surface area contributed by atoms with E-state index in [4.69, 9.17) is 4.74 Å². The van der Waals surface area contributed by atoms with Crippen molar-refractivity contribution in [2.45, 2.75) is 32.1 Å². The molecule has 0 unspecified atom stereocenters. The first-order chi connectivity index (χ1) is 8.85. The van der Waals surface area contributed by atoms with E-state index in [9.17, 15) is 0 Å². The summed E-state index contributed by atoms with van der Waals surface area (Å²) in [6.45, 7) is 0. The summed E-state index contributed by atoms with van der Waals surface area (Å²) < 4.78 is 5.42. The van der Waals surface area contributed by atoms with Crippen molar-refractivity contribution in [3.8, 4) is 5.75 Å². The van der Waals surface area contributed by atoms with Crippen LogP contribution in [0, 0.1) is 5.92 Å². The summed E-state index contributed by atoms with van der Waals surface area (Å²) in [5, 5.41) is 0.968. The summed E-state index contributed by atoms with van der Waals surface area (Å²) in [6.07, 6.45) is 9.14. The number of ether oxygens (including phenoxy) is 1. The van der Waals surface area contributed by atoms with Crippen molar-refractivity contribution in [3.63, 3.8) is 0 Å². The minimum atomic E-state index is 0.753. The number of hydrogen-bond acceptors (Lipinski definition) is 1. The summed E-state index contributed by atoms with van der Waals surface area (Å²) in [7, 11) is 1.74. The van der Waals surface area contributed by atoms with E-state index in [1.807, 2.05) is 12.1 Å². The van der Waals surface area contributed by atoms with E-state index in [0.29, 0.717) is 0 Å². The number of para-hydroxylation sites is 1. The van der Waals surface area contributed by atoms with Crippen LogP contribution < -0.4 is 4.74 Å². The third-order valence-electron chi connectivity index (χ3n) is 3.76. The van der Waals surface area contributed by atoms with Crippen LogP contribution in [0.25, 0.3) is 6.08 Å². The van der Waals surface area contributed by atoms with Crippen molar-refractivity contribution in [2.24, 2.45) is 5.92 Å². The van der Waals surface area contributed by atoms with Crippen molar-refractivity contribution in [2.75, 3.05) is 12.4 Å². The summed E-state index contributed by atoms with van der Waals surface area (Å²) in [5.74, 6) is 1.72. The van der Waals surface area contributed by atoms with Gasteiger partial charge in [0.05, 0.1) is 7.11 Å². The second-order valence-corrected chi connectivity index (χ2v) is 5.49. The zero-order valence-corrected chi connectivity index (χ0v) is 12.6. The third-order valence-corrected chi connectivity index (χ3v) is 4.41. The molecule has 0 atom stereocenters. The fraction of sp³-hybridized carbons (Fsp3) is 0.500. The van der Waals surface area contributed by atoms with Gasteiger partial charge in [-0.05, 0) is 24.8 Å². The van der Waals surface area contributed by atoms with Crippen molar-refractivity contribution >= 4 is 22.0 Å². The normalized spacial score (nSPS) is 17.8. The molecule has 0 aromatic heterocycles. The van der Waals surface area contributed by atoms with Gasteiger partial charge in [-0.3, -0.25) is 0 Å². The highest BCUT2D eigenvalue weighted by atomic mass is 79.9. The quantitative estimate of drug-likeness (QED) is 0.707. The second-order valence-electron chi connectivity index (χ2n) is 4.93. The molecule has 2 rings (SSSR count). The van der Waals surface area contributed by atoms with Gasteiger partial charge in [0, 0.05) is 10.9 Å². The maximum absolute atomic E-state index is 5.42. The first-order valence-corrected chi connectivity index (χ1v) is 7.86. The van der Waals surface area contributed by atoms with Crippen LogP contribution in [-0.4, -0.2) is 12.4 Å². The fourth-order valence-electron chi connectivity index (χ4n) is 2.72. The monoisotopic (exact) mass is 308 g/mol. The second kappa shape index (κ2) is 6.98. The molecule has 0 saturated heterocycles. The van der Waals surface area contributed by atoms with Crippen molar-refractivity contribution in [1.29, 1.82) is 0 Å². The zero-order valence-electron chi connectivity index (χ0n) is 11.0. The molecule has 0 amide bonds. The molecule has 1 aromatic carbocycles. The van der Waals surface area contributed by atoms with E-state index >= 15 is 0 Å². The molecule has 1 aliphatic carbocycles. The molecule has 0 heterocycles. The Hall–Kier alpha value is -0.760. The van der Waals surface area contributed by atoms with Crippen molar-refractivity contribution < 1.29 is 4.74 Å². The van der Waals surface area contributed by atoms with Crippen LogP contribution >= 0.6 is 15.9 Å². The summed E-state index contributed by atoms with van der Waals surface area (Å²) in [6, 6.07) is 8.24. The van der Waals surface area contributed by atoms with Crippen LogP contribution in [0.15, 0.2) is 29.8 Å². The number of halogens is 1. The Balaban J connectivity index is 2.22. The fourth-order valence-corrected chi connectivity index (χ4v) is 3.34. The highest BCUT2D eigenvalue weighted by molar-refractivity contribution is 9.09. The van der Waals surface area contributed by atoms with Gasteiger partial charge < -0.3 is 4.74 Å². The molecule has 0 bridgehead atoms. The van der Waals surface area contributed by atoms with Gasteiger partial charge in [0.25, 0.3) is 0 Å². The Morgan fingerprint density at radius 1 is 1.28 bits per heavy atom. The molecule has 1 nitrogen and oxygen atoms in total. The van der Waals surface area contributed by atoms with Crippen molar-refractivity contribution in [3.05, 3.63) is 35.4 Å². The minimum absolute atomic E-state index is 0.753. The lowest BCUT2D eigenvalue weighted by Crippen LogP contribution is -2.10. The standard InChI is InChI=1S/C16H21BrO/c1-18-16-10-6-5-9-14(16)11-15(12-17)13-7-3-2-4-8-13/h5-6,9-11,13H,2-4,7-8,12H2,1H3. The van der Waals surface area contributed by atoms with E-state index in [1.165, 1.54) is 43.2 Å². The molecular formula is C16H21BrO. The smallest absolute Gasteiger partial charge is 0.126 e. The van der Waals surface area contributed by atoms with Crippen LogP contribution in [0.2, 0.25) is 0 Å². The average Bonchev–Trinajstić information content (AvgIpc) is 2.46. The molecule has 1 saturated carbocycles. The minimum Gasteiger partial charge on any atom is -0.496 e. The first kappa shape index (κ1) is 13.7. The van der Waals surface area contributed by atoms with Gasteiger partial charge in [-0.25, -0.2) is 0 Å². The Labute approximate surface area is 118 Å². The Bertz CT molecular complexity index is 405. The number of methoxy groups -OCH3 is 1. The van der Waals surface area contributed by atoms with Gasteiger partial charge in [0.2, 0.25) is 0 Å². The lowest BCUT2D eigenvalue weighted by atomic mass is 9.84. The lowest BCUT2D eigenvalue weighted by molar-refractivity contribution is 0.404. The highest BCUT2D eigenvalue weighted by Crippen LogP contribution is 2.33. The van der Waals surface area contributed by atoms with Gasteiger partial charge in [-0.15, -0.1) is 0 Å². The van der Waals surface area contributed by atoms with Gasteiger partial charge >= 0.3 is 0 Å². The Morgan fingerprint density at radius 2 is 2.00 bits per heavy atom. The van der Waals surface area contributed by atoms with Crippen LogP contribution in [0.3, 0.4) is 0 Å². The van der Waals surface area contributed by atoms with Gasteiger partial charge in [0.1, 0.15) is 5.75 Å². The predicted octanol–water partition coefficient (Wildman–Crippen LogP) is 5.05. The van der Waals surface area contributed by atoms with Gasteiger partial charge in [-0.2, -0.15) is 0 Å². The predicted molar refractivity (Wildman–Crippen MR) is 81.3 cm³/mol. The molecule has 18 heavy (non-hydrogen) atoms. The van der Waals surface area contributed by atoms with E-state index in [0.717, 1.165) is 17.0 Å². The molecule has 1 aromatic rings. The van der Waals surface area contributed by atoms with Crippen LogP contribution in [0.5, 0.6) is 5.75 Å². The van der Waals surface area contributed by atoms with E-state index < -0.39 is 0 Å². The molecule has 2 heteroatoms. The van der Waals surface area contributed by atoms with E-state index in [1.54, 1.807) is 7.11 Å². The highest BCUT2D eigenvalue weighted by Gasteiger charge is 2.17. The number of allylic oxidation sites excluding steroid dienone is 1. The van der Waals surface area contributed by atoms with Gasteiger partial charge in [-0.1, -0.05) is 65.0 Å². The summed E-state index contributed by atoms with van der Waals surface area (Å²) in [5.41, 5.74) is 2.71. The number of alkyl halides is 1. The molecule has 0 aliphatic heterocycles. The topological polar surface area (TPSA) is 9.23 Å². The molecular weight excluding hydrogens is 288 g/mol. The number of benzene rings is 1. The molecule has 0 N–H and O–H groups in total. The van der Waals surface area contributed by atoms with Crippen LogP contribution in [0.1, 0.15) is 37.7 Å². The molecule has 1 aliphatic rings. The molecule has 0 spiro atoms. The number of hydrogen-bond donors (Lipinski definition) is 0. The largest absolute Gasteiger partial charge is 0.496 e. The summed E-state index contributed by atoms with van der Waals surface area (Å²) in [4.78, 5) is 0. The maximum atomic E-state index is 5.42.